The summed E-state index contributed by atoms with van der Waals surface area (Å²) >= 11 is 0. The number of esters is 4. The lowest BCUT2D eigenvalue weighted by Crippen LogP contribution is -2.64. The molecule has 4 aliphatic rings. The molecule has 47 heavy (non-hydrogen) atoms. The summed E-state index contributed by atoms with van der Waals surface area (Å²) in [6, 6.07) is 4.99. The van der Waals surface area contributed by atoms with Crippen LogP contribution < -0.4 is 10.3 Å². The number of benzene rings is 1. The summed E-state index contributed by atoms with van der Waals surface area (Å²) in [6.07, 6.45) is -2.93. The molecule has 0 aromatic heterocycles. The third-order valence-electron chi connectivity index (χ3n) is 9.94. The molecular formula is C31H43NO14S. The molecule has 5 rings (SSSR count). The number of rotatable bonds is 8. The van der Waals surface area contributed by atoms with E-state index in [2.05, 4.69) is 11.1 Å². The molecule has 16 heteroatoms. The van der Waals surface area contributed by atoms with Crippen molar-refractivity contribution in [2.24, 2.45) is 17.3 Å². The number of methoxy groups -OCH3 is 1. The summed E-state index contributed by atoms with van der Waals surface area (Å²) in [5, 5.41) is 0. The molecule has 262 valence electrons. The van der Waals surface area contributed by atoms with Crippen molar-refractivity contribution < 1.29 is 64.8 Å². The molecule has 0 amide bonds. The van der Waals surface area contributed by atoms with E-state index in [0.717, 1.165) is 57.8 Å². The van der Waals surface area contributed by atoms with Crippen molar-refractivity contribution in [1.82, 2.24) is 6.15 Å². The predicted molar refractivity (Wildman–Crippen MR) is 160 cm³/mol. The monoisotopic (exact) mass is 685 g/mol. The molecule has 3 aliphatic carbocycles. The molecule has 1 aromatic carbocycles. The minimum absolute atomic E-state index is 0. The fourth-order valence-corrected chi connectivity index (χ4v) is 8.59. The molecule has 10 atom stereocenters. The number of aryl methyl sites for hydroxylation is 1. The van der Waals surface area contributed by atoms with E-state index in [1.807, 2.05) is 6.07 Å². The van der Waals surface area contributed by atoms with Crippen molar-refractivity contribution in [2.75, 3.05) is 7.11 Å². The van der Waals surface area contributed by atoms with Gasteiger partial charge in [-0.1, -0.05) is 13.0 Å². The Morgan fingerprint density at radius 3 is 2.17 bits per heavy atom. The second kappa shape index (κ2) is 14.0. The maximum absolute atomic E-state index is 12.8. The zero-order valence-corrected chi connectivity index (χ0v) is 28.1. The fraction of sp³-hybridized carbons (Fsp3) is 0.677. The highest BCUT2D eigenvalue weighted by molar-refractivity contribution is 7.81. The van der Waals surface area contributed by atoms with Gasteiger partial charge in [-0.2, -0.15) is 0 Å². The Morgan fingerprint density at radius 2 is 1.55 bits per heavy atom. The summed E-state index contributed by atoms with van der Waals surface area (Å²) in [5.41, 5.74) is 1.75. The Kier molecular flexibility index (Phi) is 10.9. The number of fused-ring (bicyclic) bond motifs is 5. The van der Waals surface area contributed by atoms with Gasteiger partial charge in [0.2, 0.25) is 0 Å². The van der Waals surface area contributed by atoms with E-state index >= 15 is 0 Å². The smallest absolute Gasteiger partial charge is 0.339 e. The molecule has 1 heterocycles. The zero-order valence-electron chi connectivity index (χ0n) is 27.3. The van der Waals surface area contributed by atoms with Crippen LogP contribution in [0.5, 0.6) is 5.75 Å². The molecule has 0 unspecified atom stereocenters. The Labute approximate surface area is 273 Å². The number of hydrogen-bond acceptors (Lipinski definition) is 14. The van der Waals surface area contributed by atoms with E-state index < -0.39 is 65.0 Å². The van der Waals surface area contributed by atoms with Gasteiger partial charge in [0.05, 0.1) is 13.2 Å². The summed E-state index contributed by atoms with van der Waals surface area (Å²) in [6.45, 7) is 5.57. The van der Waals surface area contributed by atoms with Gasteiger partial charge in [-0.05, 0) is 85.0 Å². The van der Waals surface area contributed by atoms with Crippen molar-refractivity contribution >= 4 is 34.3 Å². The Balaban J connectivity index is 0.00000500. The molecule has 1 aromatic rings. The summed E-state index contributed by atoms with van der Waals surface area (Å²) in [4.78, 5) is 49.2. The van der Waals surface area contributed by atoms with E-state index in [9.17, 15) is 32.1 Å². The largest absolute Gasteiger partial charge is 0.716 e. The molecule has 15 nitrogen and oxygen atoms in total. The molecule has 0 spiro atoms. The van der Waals surface area contributed by atoms with Gasteiger partial charge in [0.25, 0.3) is 10.4 Å². The molecule has 0 radical (unpaired) electrons. The number of carbonyl (C=O) groups excluding carboxylic acids is 4. The first kappa shape index (κ1) is 36.5. The first-order valence-corrected chi connectivity index (χ1v) is 16.6. The number of carbonyl (C=O) groups is 4. The van der Waals surface area contributed by atoms with Crippen molar-refractivity contribution in [1.29, 1.82) is 0 Å². The summed E-state index contributed by atoms with van der Waals surface area (Å²) in [5.74, 6) is -2.39. The van der Waals surface area contributed by atoms with Crippen LogP contribution >= 0.6 is 0 Å². The van der Waals surface area contributed by atoms with Crippen LogP contribution in [0.15, 0.2) is 18.2 Å². The van der Waals surface area contributed by atoms with E-state index in [0.29, 0.717) is 18.8 Å². The van der Waals surface area contributed by atoms with Crippen LogP contribution in [0.2, 0.25) is 0 Å². The predicted octanol–water partition coefficient (Wildman–Crippen LogP) is 2.84. The average molecular weight is 686 g/mol. The summed E-state index contributed by atoms with van der Waals surface area (Å²) < 4.78 is 71.8. The number of hydrogen-bond donors (Lipinski definition) is 1. The molecule has 3 fully saturated rings. The molecular weight excluding hydrogens is 642 g/mol. The van der Waals surface area contributed by atoms with E-state index in [1.54, 1.807) is 6.07 Å². The molecule has 4 N–H and O–H groups in total. The Morgan fingerprint density at radius 1 is 0.915 bits per heavy atom. The third kappa shape index (κ3) is 7.56. The highest BCUT2D eigenvalue weighted by Crippen LogP contribution is 2.62. The average Bonchev–Trinajstić information content (AvgIpc) is 3.29. The van der Waals surface area contributed by atoms with Crippen molar-refractivity contribution in [3.05, 3.63) is 29.3 Å². The van der Waals surface area contributed by atoms with Gasteiger partial charge in [0, 0.05) is 20.8 Å². The van der Waals surface area contributed by atoms with Crippen molar-refractivity contribution in [3.8, 4) is 5.75 Å². The lowest BCUT2D eigenvalue weighted by atomic mass is 9.55. The number of quaternary nitrogens is 1. The molecule has 2 saturated carbocycles. The van der Waals surface area contributed by atoms with E-state index in [4.69, 9.17) is 28.4 Å². The molecule has 1 aliphatic heterocycles. The van der Waals surface area contributed by atoms with Gasteiger partial charge < -0.3 is 43.3 Å². The lowest BCUT2D eigenvalue weighted by molar-refractivity contribution is -0.317. The number of ether oxygens (including phenoxy) is 6. The van der Waals surface area contributed by atoms with Crippen molar-refractivity contribution in [2.45, 2.75) is 109 Å². The normalized spacial score (nSPS) is 34.3. The van der Waals surface area contributed by atoms with Crippen LogP contribution in [0.1, 0.15) is 76.8 Å². The topological polar surface area (TPSA) is 227 Å². The minimum Gasteiger partial charge on any atom is -0.716 e. The standard InChI is InChI=1S/C31H40O14S.H3N/c1-15(32)40-25-26(41-16(2)33)28(42-17(3)34)30(44-27(25)29(35)39-5)43-24-11-10-23-22-8-6-18-14-19(45-46(36,37)38)7-9-20(18)21(22)12-13-31(23,24)4;/h7,9,14,21-28,30H,6,8,10-13H2,1-5H3,(H,36,37,38);1H3/t21-,22-,23+,24+,25+,26+,27+,28-,30-,31+;/m1./s1. The zero-order chi connectivity index (χ0) is 33.6. The summed E-state index contributed by atoms with van der Waals surface area (Å²) in [7, 11) is -3.74. The van der Waals surface area contributed by atoms with Crippen LogP contribution in [-0.4, -0.2) is 80.8 Å². The van der Waals surface area contributed by atoms with E-state index in [1.165, 1.54) is 13.0 Å². The maximum Gasteiger partial charge on any atom is 0.339 e. The molecule has 1 saturated heterocycles. The second-order valence-corrected chi connectivity index (χ2v) is 13.7. The highest BCUT2D eigenvalue weighted by atomic mass is 32.3. The van der Waals surface area contributed by atoms with Gasteiger partial charge in [-0.3, -0.25) is 14.4 Å². The van der Waals surface area contributed by atoms with Crippen LogP contribution in [0.4, 0.5) is 0 Å². The van der Waals surface area contributed by atoms with Crippen LogP contribution in [0.3, 0.4) is 0 Å². The maximum atomic E-state index is 12.8. The highest BCUT2D eigenvalue weighted by Gasteiger charge is 2.59. The van der Waals surface area contributed by atoms with Gasteiger partial charge in [-0.25, -0.2) is 13.2 Å². The van der Waals surface area contributed by atoms with E-state index in [-0.39, 0.29) is 35.3 Å². The van der Waals surface area contributed by atoms with Gasteiger partial charge in [-0.15, -0.1) is 0 Å². The van der Waals surface area contributed by atoms with Gasteiger partial charge in [0.1, 0.15) is 5.75 Å². The lowest BCUT2D eigenvalue weighted by Gasteiger charge is -2.51. The Hall–Kier alpha value is -3.31. The van der Waals surface area contributed by atoms with Gasteiger partial charge in [0.15, 0.2) is 30.7 Å². The quantitative estimate of drug-likeness (QED) is 0.180. The minimum atomic E-state index is -4.88. The van der Waals surface area contributed by atoms with Crippen LogP contribution in [0.25, 0.3) is 0 Å². The fourth-order valence-electron chi connectivity index (χ4n) is 8.26. The Bertz CT molecular complexity index is 1480. The SMILES string of the molecule is COC(=O)[C@H]1O[C@@H](O[C@H]2CC[C@H]3[C@@H]4CCc5cc(OS(=O)(=O)[O-])ccc5[C@H]4CC[C@]23C)[C@H](OC(C)=O)[C@@H](OC(C)=O)[C@@H]1OC(C)=O.[NH4+]. The first-order chi connectivity index (χ1) is 21.6. The molecule has 0 bridgehead atoms. The van der Waals surface area contributed by atoms with Gasteiger partial charge >= 0.3 is 23.9 Å². The van der Waals surface area contributed by atoms with Crippen molar-refractivity contribution in [3.63, 3.8) is 0 Å². The van der Waals surface area contributed by atoms with Crippen LogP contribution in [0, 0.1) is 17.3 Å². The second-order valence-electron chi connectivity index (χ2n) is 12.7. The van der Waals surface area contributed by atoms with Crippen LogP contribution in [-0.2, 0) is 64.4 Å². The third-order valence-corrected chi connectivity index (χ3v) is 10.3. The first-order valence-electron chi connectivity index (χ1n) is 15.3.